The number of methoxy groups -OCH3 is 2. The first-order valence-electron chi connectivity index (χ1n) is 12.8. The van der Waals surface area contributed by atoms with Crippen molar-refractivity contribution in [3.63, 3.8) is 0 Å². The predicted molar refractivity (Wildman–Crippen MR) is 154 cm³/mol. The molecule has 1 amide bonds. The molecule has 3 heterocycles. The molecule has 3 aromatic carbocycles. The number of amides is 1. The van der Waals surface area contributed by atoms with Gasteiger partial charge < -0.3 is 24.5 Å². The van der Waals surface area contributed by atoms with Gasteiger partial charge in [-0.1, -0.05) is 36.4 Å². The Labute approximate surface area is 234 Å². The van der Waals surface area contributed by atoms with Crippen molar-refractivity contribution in [3.8, 4) is 34.3 Å². The molecule has 0 saturated carbocycles. The van der Waals surface area contributed by atoms with Crippen LogP contribution in [0.1, 0.15) is 10.7 Å². The molecule has 0 fully saturated rings. The second-order valence-electron chi connectivity index (χ2n) is 8.96. The first-order valence-corrected chi connectivity index (χ1v) is 12.8. The highest BCUT2D eigenvalue weighted by molar-refractivity contribution is 5.96. The molecule has 0 aliphatic rings. The van der Waals surface area contributed by atoms with Gasteiger partial charge in [-0.3, -0.25) is 9.78 Å². The summed E-state index contributed by atoms with van der Waals surface area (Å²) in [4.78, 5) is 26.9. The number of carbonyl (C=O) groups excluding carboxylic acids is 1. The standard InChI is InChI=1S/C30H25N7O4/c1-39-23-16-21-22(17-24(23)40-2)34-27(20-12-6-10-18-11-7-13-31-25(18)20)35-26(21)32-14-15-33-28(38)30-37-36-29(41-30)19-8-4-3-5-9-19/h3-13,16-17H,14-15H2,1-2H3,(H,33,38)(H,32,34,35). The molecule has 6 rings (SSSR count). The molecule has 0 atom stereocenters. The van der Waals surface area contributed by atoms with E-state index in [-0.39, 0.29) is 18.3 Å². The highest BCUT2D eigenvalue weighted by Gasteiger charge is 2.17. The lowest BCUT2D eigenvalue weighted by Gasteiger charge is -2.14. The molecule has 3 aromatic heterocycles. The number of nitrogens with zero attached hydrogens (tertiary/aromatic N) is 5. The second kappa shape index (κ2) is 11.3. The largest absolute Gasteiger partial charge is 0.493 e. The van der Waals surface area contributed by atoms with E-state index in [9.17, 15) is 4.79 Å². The van der Waals surface area contributed by atoms with Crippen molar-refractivity contribution in [2.24, 2.45) is 0 Å². The zero-order valence-corrected chi connectivity index (χ0v) is 22.3. The van der Waals surface area contributed by atoms with E-state index in [0.29, 0.717) is 35.2 Å². The number of benzene rings is 3. The van der Waals surface area contributed by atoms with Crippen LogP contribution < -0.4 is 20.1 Å². The van der Waals surface area contributed by atoms with Crippen molar-refractivity contribution in [1.82, 2.24) is 30.5 Å². The van der Waals surface area contributed by atoms with E-state index in [2.05, 4.69) is 25.8 Å². The van der Waals surface area contributed by atoms with Gasteiger partial charge in [0.15, 0.2) is 17.3 Å². The third kappa shape index (κ3) is 5.20. The Kier molecular flexibility index (Phi) is 7.06. The van der Waals surface area contributed by atoms with Crippen LogP contribution in [0.4, 0.5) is 5.82 Å². The van der Waals surface area contributed by atoms with Gasteiger partial charge in [-0.15, -0.1) is 10.2 Å². The van der Waals surface area contributed by atoms with Gasteiger partial charge in [0, 0.05) is 47.3 Å². The average molecular weight is 548 g/mol. The number of nitrogens with one attached hydrogen (secondary N) is 2. The SMILES string of the molecule is COc1cc2nc(-c3cccc4cccnc34)nc(NCCNC(=O)c3nnc(-c4ccccc4)o3)c2cc1OC. The molecule has 0 bridgehead atoms. The van der Waals surface area contributed by atoms with E-state index < -0.39 is 5.91 Å². The average Bonchev–Trinajstić information content (AvgIpc) is 3.53. The Balaban J connectivity index is 1.26. The maximum atomic E-state index is 12.6. The summed E-state index contributed by atoms with van der Waals surface area (Å²) in [5.74, 6) is 1.86. The Morgan fingerprint density at radius 3 is 2.51 bits per heavy atom. The normalized spacial score (nSPS) is 11.0. The topological polar surface area (TPSA) is 137 Å². The number of anilines is 1. The van der Waals surface area contributed by atoms with Gasteiger partial charge in [-0.2, -0.15) is 0 Å². The number of fused-ring (bicyclic) bond motifs is 2. The van der Waals surface area contributed by atoms with Crippen molar-refractivity contribution >= 4 is 33.5 Å². The molecular formula is C30H25N7O4. The van der Waals surface area contributed by atoms with Gasteiger partial charge in [0.05, 0.1) is 25.3 Å². The smallest absolute Gasteiger partial charge is 0.308 e. The quantitative estimate of drug-likeness (QED) is 0.244. The third-order valence-corrected chi connectivity index (χ3v) is 6.42. The van der Waals surface area contributed by atoms with Gasteiger partial charge in [0.2, 0.25) is 5.89 Å². The lowest BCUT2D eigenvalue weighted by atomic mass is 10.1. The van der Waals surface area contributed by atoms with E-state index >= 15 is 0 Å². The minimum atomic E-state index is -0.469. The fraction of sp³-hybridized carbons (Fsp3) is 0.133. The van der Waals surface area contributed by atoms with Crippen LogP contribution in [0.15, 0.2) is 83.4 Å². The number of pyridine rings is 1. The molecule has 0 unspecified atom stereocenters. The van der Waals surface area contributed by atoms with Gasteiger partial charge >= 0.3 is 11.8 Å². The molecule has 2 N–H and O–H groups in total. The zero-order chi connectivity index (χ0) is 28.2. The van der Waals surface area contributed by atoms with Crippen LogP contribution in [0.5, 0.6) is 11.5 Å². The van der Waals surface area contributed by atoms with E-state index in [1.807, 2.05) is 72.8 Å². The van der Waals surface area contributed by atoms with Crippen molar-refractivity contribution in [3.05, 3.63) is 84.9 Å². The molecule has 11 heteroatoms. The van der Waals surface area contributed by atoms with Crippen LogP contribution in [0.2, 0.25) is 0 Å². The van der Waals surface area contributed by atoms with Crippen LogP contribution in [0.25, 0.3) is 44.6 Å². The van der Waals surface area contributed by atoms with Crippen LogP contribution >= 0.6 is 0 Å². The minimum Gasteiger partial charge on any atom is -0.493 e. The molecule has 0 aliphatic heterocycles. The number of rotatable bonds is 9. The second-order valence-corrected chi connectivity index (χ2v) is 8.96. The first kappa shape index (κ1) is 25.7. The summed E-state index contributed by atoms with van der Waals surface area (Å²) in [7, 11) is 3.15. The number of carbonyl (C=O) groups is 1. The van der Waals surface area contributed by atoms with E-state index in [4.69, 9.17) is 23.9 Å². The molecule has 204 valence electrons. The molecule has 41 heavy (non-hydrogen) atoms. The van der Waals surface area contributed by atoms with Gasteiger partial charge in [-0.25, -0.2) is 9.97 Å². The number of ether oxygens (including phenoxy) is 2. The molecule has 0 saturated heterocycles. The zero-order valence-electron chi connectivity index (χ0n) is 22.3. The highest BCUT2D eigenvalue weighted by Crippen LogP contribution is 2.36. The summed E-state index contributed by atoms with van der Waals surface area (Å²) in [5, 5.41) is 15.7. The summed E-state index contributed by atoms with van der Waals surface area (Å²) in [6.07, 6.45) is 1.74. The Hall–Kier alpha value is -5.58. The number of hydrogen-bond acceptors (Lipinski definition) is 10. The van der Waals surface area contributed by atoms with Gasteiger partial charge in [-0.05, 0) is 30.3 Å². The highest BCUT2D eigenvalue weighted by atomic mass is 16.5. The van der Waals surface area contributed by atoms with Crippen molar-refractivity contribution < 1.29 is 18.7 Å². The third-order valence-electron chi connectivity index (χ3n) is 6.42. The van der Waals surface area contributed by atoms with E-state index in [1.165, 1.54) is 0 Å². The monoisotopic (exact) mass is 547 g/mol. The molecular weight excluding hydrogens is 522 g/mol. The van der Waals surface area contributed by atoms with Crippen LogP contribution in [0, 0.1) is 0 Å². The van der Waals surface area contributed by atoms with E-state index in [1.54, 1.807) is 20.4 Å². The van der Waals surface area contributed by atoms with Crippen molar-refractivity contribution in [1.29, 1.82) is 0 Å². The maximum absolute atomic E-state index is 12.6. The maximum Gasteiger partial charge on any atom is 0.308 e. The van der Waals surface area contributed by atoms with Crippen molar-refractivity contribution in [2.75, 3.05) is 32.6 Å². The molecule has 11 nitrogen and oxygen atoms in total. The fourth-order valence-electron chi connectivity index (χ4n) is 4.44. The van der Waals surface area contributed by atoms with Gasteiger partial charge in [0.25, 0.3) is 0 Å². The van der Waals surface area contributed by atoms with Crippen molar-refractivity contribution in [2.45, 2.75) is 0 Å². The van der Waals surface area contributed by atoms with Crippen LogP contribution in [0.3, 0.4) is 0 Å². The molecule has 6 aromatic rings. The summed E-state index contributed by atoms with van der Waals surface area (Å²) in [6.45, 7) is 0.630. The summed E-state index contributed by atoms with van der Waals surface area (Å²) >= 11 is 0. The van der Waals surface area contributed by atoms with Crippen LogP contribution in [-0.4, -0.2) is 58.4 Å². The van der Waals surface area contributed by atoms with E-state index in [0.717, 1.165) is 27.4 Å². The molecule has 0 spiro atoms. The Bertz CT molecular complexity index is 1850. The number of aromatic nitrogens is 5. The Morgan fingerprint density at radius 1 is 0.878 bits per heavy atom. The summed E-state index contributed by atoms with van der Waals surface area (Å²) in [6, 6.07) is 22.7. The lowest BCUT2D eigenvalue weighted by Crippen LogP contribution is -2.29. The number of para-hydroxylation sites is 1. The van der Waals surface area contributed by atoms with Crippen LogP contribution in [-0.2, 0) is 0 Å². The lowest BCUT2D eigenvalue weighted by molar-refractivity contribution is 0.0921. The molecule has 0 radical (unpaired) electrons. The first-order chi connectivity index (χ1) is 20.1. The minimum absolute atomic E-state index is 0.112. The summed E-state index contributed by atoms with van der Waals surface area (Å²) < 4.78 is 16.6. The summed E-state index contributed by atoms with van der Waals surface area (Å²) in [5.41, 5.74) is 2.98. The molecule has 0 aliphatic carbocycles. The Morgan fingerprint density at radius 2 is 1.68 bits per heavy atom. The fourth-order valence-corrected chi connectivity index (χ4v) is 4.44. The van der Waals surface area contributed by atoms with Gasteiger partial charge in [0.1, 0.15) is 5.82 Å². The predicted octanol–water partition coefficient (Wildman–Crippen LogP) is 4.75. The number of hydrogen-bond donors (Lipinski definition) is 2.